The molecule has 0 amide bonds. The number of rotatable bonds is 7. The van der Waals surface area contributed by atoms with Crippen molar-refractivity contribution in [3.8, 4) is 5.75 Å². The Morgan fingerprint density at radius 2 is 2.00 bits per heavy atom. The van der Waals surface area contributed by atoms with Crippen LogP contribution in [-0.2, 0) is 11.3 Å². The lowest BCUT2D eigenvalue weighted by atomic mass is 10.1. The SMILES string of the molecule is COCCCOc1cc(C)ccc1CN=C(N)N1CCCCC1. The molecule has 0 saturated carbocycles. The standard InChI is InChI=1S/C18H29N3O2/c1-15-7-8-16(17(13-15)23-12-6-11-22-2)14-20-18(19)21-9-4-3-5-10-21/h7-8,13H,3-6,9-12,14H2,1-2H3,(H2,19,20). The smallest absolute Gasteiger partial charge is 0.191 e. The van der Waals surface area contributed by atoms with Gasteiger partial charge in [-0.3, -0.25) is 0 Å². The number of guanidine groups is 1. The average Bonchev–Trinajstić information content (AvgIpc) is 2.58. The fraction of sp³-hybridized carbons (Fsp3) is 0.611. The summed E-state index contributed by atoms with van der Waals surface area (Å²) in [6, 6.07) is 6.23. The van der Waals surface area contributed by atoms with Gasteiger partial charge in [0, 0.05) is 38.8 Å². The molecule has 0 aromatic heterocycles. The normalized spacial score (nSPS) is 15.7. The van der Waals surface area contributed by atoms with Crippen LogP contribution < -0.4 is 10.5 Å². The maximum absolute atomic E-state index is 6.13. The fourth-order valence-corrected chi connectivity index (χ4v) is 2.70. The van der Waals surface area contributed by atoms with Crippen molar-refractivity contribution < 1.29 is 9.47 Å². The van der Waals surface area contributed by atoms with Crippen molar-refractivity contribution in [2.24, 2.45) is 10.7 Å². The predicted octanol–water partition coefficient (Wildman–Crippen LogP) is 2.71. The number of hydrogen-bond acceptors (Lipinski definition) is 3. The van der Waals surface area contributed by atoms with Gasteiger partial charge in [-0.15, -0.1) is 0 Å². The van der Waals surface area contributed by atoms with Gasteiger partial charge in [-0.2, -0.15) is 0 Å². The number of likely N-dealkylation sites (tertiary alicyclic amines) is 1. The van der Waals surface area contributed by atoms with E-state index in [1.165, 1.54) is 24.8 Å². The summed E-state index contributed by atoms with van der Waals surface area (Å²) in [5, 5.41) is 0. The Labute approximate surface area is 139 Å². The van der Waals surface area contributed by atoms with Crippen LogP contribution in [0.3, 0.4) is 0 Å². The minimum Gasteiger partial charge on any atom is -0.493 e. The van der Waals surface area contributed by atoms with Gasteiger partial charge in [0.15, 0.2) is 5.96 Å². The molecule has 2 N–H and O–H groups in total. The first-order valence-electron chi connectivity index (χ1n) is 8.47. The number of benzene rings is 1. The summed E-state index contributed by atoms with van der Waals surface area (Å²) < 4.78 is 11.0. The number of aryl methyl sites for hydroxylation is 1. The molecule has 0 aliphatic carbocycles. The number of nitrogens with zero attached hydrogens (tertiary/aromatic N) is 2. The van der Waals surface area contributed by atoms with Gasteiger partial charge in [-0.05, 0) is 37.8 Å². The Hall–Kier alpha value is -1.75. The molecule has 1 heterocycles. The topological polar surface area (TPSA) is 60.1 Å². The zero-order valence-corrected chi connectivity index (χ0v) is 14.4. The zero-order chi connectivity index (χ0) is 16.5. The van der Waals surface area contributed by atoms with Crippen LogP contribution in [0.25, 0.3) is 0 Å². The molecule has 1 saturated heterocycles. The molecule has 5 heteroatoms. The van der Waals surface area contributed by atoms with Gasteiger partial charge in [0.1, 0.15) is 5.75 Å². The molecule has 23 heavy (non-hydrogen) atoms. The van der Waals surface area contributed by atoms with Crippen LogP contribution in [0, 0.1) is 6.92 Å². The Bertz CT molecular complexity index is 511. The summed E-state index contributed by atoms with van der Waals surface area (Å²) in [7, 11) is 1.70. The summed E-state index contributed by atoms with van der Waals surface area (Å²) in [6.07, 6.45) is 4.58. The molecule has 0 spiro atoms. The first-order valence-corrected chi connectivity index (χ1v) is 8.47. The molecule has 1 aromatic carbocycles. The van der Waals surface area contributed by atoms with Gasteiger partial charge in [0.05, 0.1) is 13.2 Å². The van der Waals surface area contributed by atoms with Crippen molar-refractivity contribution in [3.05, 3.63) is 29.3 Å². The second-order valence-electron chi connectivity index (χ2n) is 6.03. The van der Waals surface area contributed by atoms with E-state index in [0.29, 0.717) is 25.7 Å². The molecule has 0 radical (unpaired) electrons. The number of methoxy groups -OCH3 is 1. The average molecular weight is 319 g/mol. The predicted molar refractivity (Wildman–Crippen MR) is 93.9 cm³/mol. The number of ether oxygens (including phenoxy) is 2. The Kier molecular flexibility index (Phi) is 7.20. The molecule has 1 aliphatic heterocycles. The third-order valence-corrected chi connectivity index (χ3v) is 4.06. The number of aliphatic imine (C=N–C) groups is 1. The highest BCUT2D eigenvalue weighted by molar-refractivity contribution is 5.78. The van der Waals surface area contributed by atoms with Crippen LogP contribution in [0.15, 0.2) is 23.2 Å². The molecule has 0 unspecified atom stereocenters. The van der Waals surface area contributed by atoms with Gasteiger partial charge in [0.25, 0.3) is 0 Å². The van der Waals surface area contributed by atoms with Crippen molar-refractivity contribution >= 4 is 5.96 Å². The molecule has 0 bridgehead atoms. The maximum Gasteiger partial charge on any atom is 0.191 e. The van der Waals surface area contributed by atoms with E-state index in [2.05, 4.69) is 35.0 Å². The van der Waals surface area contributed by atoms with Crippen molar-refractivity contribution in [3.63, 3.8) is 0 Å². The van der Waals surface area contributed by atoms with Crippen molar-refractivity contribution in [2.45, 2.75) is 39.2 Å². The minimum absolute atomic E-state index is 0.558. The van der Waals surface area contributed by atoms with Gasteiger partial charge >= 0.3 is 0 Å². The van der Waals surface area contributed by atoms with E-state index in [1.807, 2.05) is 0 Å². The van der Waals surface area contributed by atoms with E-state index in [9.17, 15) is 0 Å². The van der Waals surface area contributed by atoms with Crippen LogP contribution in [0.1, 0.15) is 36.8 Å². The van der Waals surface area contributed by atoms with Crippen molar-refractivity contribution in [2.75, 3.05) is 33.4 Å². The summed E-state index contributed by atoms with van der Waals surface area (Å²) in [4.78, 5) is 6.75. The van der Waals surface area contributed by atoms with Crippen LogP contribution in [-0.4, -0.2) is 44.3 Å². The number of hydrogen-bond donors (Lipinski definition) is 1. The van der Waals surface area contributed by atoms with Gasteiger partial charge in [0.2, 0.25) is 0 Å². The number of piperidine rings is 1. The van der Waals surface area contributed by atoms with Crippen molar-refractivity contribution in [1.29, 1.82) is 0 Å². The summed E-state index contributed by atoms with van der Waals surface area (Å²) in [6.45, 7) is 6.02. The van der Waals surface area contributed by atoms with Crippen molar-refractivity contribution in [1.82, 2.24) is 4.90 Å². The van der Waals surface area contributed by atoms with E-state index in [1.54, 1.807) is 7.11 Å². The first-order chi connectivity index (χ1) is 11.2. The number of nitrogens with two attached hydrogens (primary N) is 1. The summed E-state index contributed by atoms with van der Waals surface area (Å²) in [5.41, 5.74) is 8.40. The fourth-order valence-electron chi connectivity index (χ4n) is 2.70. The molecular weight excluding hydrogens is 290 g/mol. The summed E-state index contributed by atoms with van der Waals surface area (Å²) >= 11 is 0. The Morgan fingerprint density at radius 3 is 2.74 bits per heavy atom. The Balaban J connectivity index is 1.97. The minimum atomic E-state index is 0.558. The summed E-state index contributed by atoms with van der Waals surface area (Å²) in [5.74, 6) is 1.55. The van der Waals surface area contributed by atoms with E-state index >= 15 is 0 Å². The van der Waals surface area contributed by atoms with E-state index in [4.69, 9.17) is 15.2 Å². The van der Waals surface area contributed by atoms with E-state index < -0.39 is 0 Å². The lowest BCUT2D eigenvalue weighted by Crippen LogP contribution is -2.40. The molecule has 1 aliphatic rings. The maximum atomic E-state index is 6.13. The van der Waals surface area contributed by atoms with E-state index in [0.717, 1.165) is 30.8 Å². The monoisotopic (exact) mass is 319 g/mol. The lowest BCUT2D eigenvalue weighted by Gasteiger charge is -2.27. The van der Waals surface area contributed by atoms with Gasteiger partial charge in [-0.1, -0.05) is 12.1 Å². The second-order valence-corrected chi connectivity index (χ2v) is 6.03. The third-order valence-electron chi connectivity index (χ3n) is 4.06. The highest BCUT2D eigenvalue weighted by Gasteiger charge is 2.12. The van der Waals surface area contributed by atoms with E-state index in [-0.39, 0.29) is 0 Å². The molecule has 2 rings (SSSR count). The quantitative estimate of drug-likeness (QED) is 0.477. The highest BCUT2D eigenvalue weighted by atomic mass is 16.5. The zero-order valence-electron chi connectivity index (χ0n) is 14.4. The Morgan fingerprint density at radius 1 is 1.22 bits per heavy atom. The van der Waals surface area contributed by atoms with Gasteiger partial charge in [-0.25, -0.2) is 4.99 Å². The highest BCUT2D eigenvalue weighted by Crippen LogP contribution is 2.21. The lowest BCUT2D eigenvalue weighted by molar-refractivity contribution is 0.172. The molecule has 128 valence electrons. The van der Waals surface area contributed by atoms with Crippen LogP contribution in [0.2, 0.25) is 0 Å². The molecule has 1 aromatic rings. The largest absolute Gasteiger partial charge is 0.493 e. The molecule has 1 fully saturated rings. The van der Waals surface area contributed by atoms with Crippen LogP contribution in [0.5, 0.6) is 5.75 Å². The molecular formula is C18H29N3O2. The second kappa shape index (κ2) is 9.40. The van der Waals surface area contributed by atoms with Gasteiger partial charge < -0.3 is 20.1 Å². The molecule has 0 atom stereocenters. The third kappa shape index (κ3) is 5.75. The van der Waals surface area contributed by atoms with Crippen LogP contribution >= 0.6 is 0 Å². The van der Waals surface area contributed by atoms with Crippen LogP contribution in [0.4, 0.5) is 0 Å². The first kappa shape index (κ1) is 17.6. The molecule has 5 nitrogen and oxygen atoms in total.